The zero-order chi connectivity index (χ0) is 16.4. The molecule has 3 heterocycles. The van der Waals surface area contributed by atoms with Crippen LogP contribution in [0.25, 0.3) is 11.4 Å². The Hall–Kier alpha value is -2.98. The van der Waals surface area contributed by atoms with Crippen LogP contribution in [-0.4, -0.2) is 15.9 Å². The number of carbonyl (C=O) groups excluding carboxylic acids is 1. The van der Waals surface area contributed by atoms with E-state index in [9.17, 15) is 10.1 Å². The number of thiazole rings is 1. The molecular formula is C16H12N4O2S. The van der Waals surface area contributed by atoms with E-state index >= 15 is 0 Å². The average Bonchev–Trinajstić information content (AvgIpc) is 3.10. The SMILES string of the molecule is Cc1cc(C(=O)Nc2nc(-c3ccccn3)c(C#N)s2)c(C)o1. The summed E-state index contributed by atoms with van der Waals surface area (Å²) in [6, 6.07) is 9.13. The number of hydrogen-bond acceptors (Lipinski definition) is 6. The van der Waals surface area contributed by atoms with Crippen LogP contribution in [0.2, 0.25) is 0 Å². The summed E-state index contributed by atoms with van der Waals surface area (Å²) >= 11 is 1.12. The Balaban J connectivity index is 1.90. The lowest BCUT2D eigenvalue weighted by atomic mass is 10.2. The molecule has 0 aliphatic carbocycles. The van der Waals surface area contributed by atoms with Gasteiger partial charge in [0.1, 0.15) is 28.2 Å². The highest BCUT2D eigenvalue weighted by atomic mass is 32.1. The fourth-order valence-electron chi connectivity index (χ4n) is 2.15. The highest BCUT2D eigenvalue weighted by molar-refractivity contribution is 7.16. The van der Waals surface area contributed by atoms with E-state index in [2.05, 4.69) is 21.4 Å². The first-order chi connectivity index (χ1) is 11.1. The van der Waals surface area contributed by atoms with Gasteiger partial charge in [0, 0.05) is 6.20 Å². The molecule has 0 spiro atoms. The molecule has 0 aliphatic heterocycles. The third-order valence-electron chi connectivity index (χ3n) is 3.14. The van der Waals surface area contributed by atoms with Crippen molar-refractivity contribution < 1.29 is 9.21 Å². The van der Waals surface area contributed by atoms with Crippen molar-refractivity contribution in [1.82, 2.24) is 9.97 Å². The van der Waals surface area contributed by atoms with Gasteiger partial charge in [0.05, 0.1) is 11.3 Å². The van der Waals surface area contributed by atoms with Gasteiger partial charge in [-0.25, -0.2) is 4.98 Å². The molecule has 0 saturated heterocycles. The van der Waals surface area contributed by atoms with Gasteiger partial charge in [-0.3, -0.25) is 15.1 Å². The normalized spacial score (nSPS) is 10.3. The molecule has 0 atom stereocenters. The van der Waals surface area contributed by atoms with E-state index in [-0.39, 0.29) is 5.91 Å². The number of hydrogen-bond donors (Lipinski definition) is 1. The van der Waals surface area contributed by atoms with Gasteiger partial charge in [-0.15, -0.1) is 0 Å². The van der Waals surface area contributed by atoms with Crippen LogP contribution in [0, 0.1) is 25.2 Å². The Kier molecular flexibility index (Phi) is 3.91. The van der Waals surface area contributed by atoms with Gasteiger partial charge >= 0.3 is 0 Å². The number of nitriles is 1. The summed E-state index contributed by atoms with van der Waals surface area (Å²) in [6.07, 6.45) is 1.63. The van der Waals surface area contributed by atoms with Crippen LogP contribution in [0.5, 0.6) is 0 Å². The maximum Gasteiger partial charge on any atom is 0.260 e. The van der Waals surface area contributed by atoms with E-state index in [4.69, 9.17) is 4.42 Å². The molecule has 0 unspecified atom stereocenters. The van der Waals surface area contributed by atoms with Crippen molar-refractivity contribution in [3.05, 3.63) is 52.4 Å². The lowest BCUT2D eigenvalue weighted by Crippen LogP contribution is -2.11. The topological polar surface area (TPSA) is 91.8 Å². The summed E-state index contributed by atoms with van der Waals surface area (Å²) in [5.41, 5.74) is 1.51. The van der Waals surface area contributed by atoms with Gasteiger partial charge in [0.2, 0.25) is 0 Å². The number of rotatable bonds is 3. The highest BCUT2D eigenvalue weighted by Crippen LogP contribution is 2.29. The van der Waals surface area contributed by atoms with Crippen LogP contribution in [0.1, 0.15) is 26.8 Å². The zero-order valence-corrected chi connectivity index (χ0v) is 13.3. The highest BCUT2D eigenvalue weighted by Gasteiger charge is 2.18. The van der Waals surface area contributed by atoms with Crippen LogP contribution >= 0.6 is 11.3 Å². The van der Waals surface area contributed by atoms with Gasteiger partial charge in [0.25, 0.3) is 5.91 Å². The van der Waals surface area contributed by atoms with Crippen molar-refractivity contribution in [2.45, 2.75) is 13.8 Å². The average molecular weight is 324 g/mol. The Morgan fingerprint density at radius 1 is 1.39 bits per heavy atom. The predicted molar refractivity (Wildman–Crippen MR) is 86.2 cm³/mol. The molecule has 7 heteroatoms. The van der Waals surface area contributed by atoms with E-state index in [1.165, 1.54) is 0 Å². The van der Waals surface area contributed by atoms with E-state index in [0.717, 1.165) is 11.3 Å². The molecule has 3 aromatic rings. The Bertz CT molecular complexity index is 906. The zero-order valence-electron chi connectivity index (χ0n) is 12.5. The van der Waals surface area contributed by atoms with Crippen molar-refractivity contribution in [2.24, 2.45) is 0 Å². The van der Waals surface area contributed by atoms with E-state index in [0.29, 0.717) is 38.5 Å². The lowest BCUT2D eigenvalue weighted by Gasteiger charge is -1.99. The largest absolute Gasteiger partial charge is 0.466 e. The maximum absolute atomic E-state index is 12.3. The first-order valence-electron chi connectivity index (χ1n) is 6.79. The number of furan rings is 1. The molecule has 0 aromatic carbocycles. The maximum atomic E-state index is 12.3. The molecule has 1 N–H and O–H groups in total. The Morgan fingerprint density at radius 3 is 2.83 bits per heavy atom. The van der Waals surface area contributed by atoms with Crippen molar-refractivity contribution >= 4 is 22.4 Å². The number of pyridine rings is 1. The number of aryl methyl sites for hydroxylation is 2. The summed E-state index contributed by atoms with van der Waals surface area (Å²) in [7, 11) is 0. The first kappa shape index (κ1) is 14.9. The number of amides is 1. The fourth-order valence-corrected chi connectivity index (χ4v) is 2.91. The van der Waals surface area contributed by atoms with Crippen molar-refractivity contribution in [3.63, 3.8) is 0 Å². The number of aromatic nitrogens is 2. The van der Waals surface area contributed by atoms with Gasteiger partial charge in [-0.05, 0) is 32.0 Å². The number of anilines is 1. The van der Waals surface area contributed by atoms with Crippen molar-refractivity contribution in [3.8, 4) is 17.5 Å². The minimum atomic E-state index is -0.315. The van der Waals surface area contributed by atoms with E-state index in [1.807, 2.05) is 6.07 Å². The van der Waals surface area contributed by atoms with Crippen LogP contribution in [0.4, 0.5) is 5.13 Å². The third kappa shape index (κ3) is 2.98. The van der Waals surface area contributed by atoms with Gasteiger partial charge in [0.15, 0.2) is 5.13 Å². The molecule has 0 fully saturated rings. The molecule has 0 aliphatic rings. The second kappa shape index (κ2) is 6.02. The summed E-state index contributed by atoms with van der Waals surface area (Å²) in [6.45, 7) is 3.50. The number of carbonyl (C=O) groups is 1. The predicted octanol–water partition coefficient (Wildman–Crippen LogP) is 3.54. The standard InChI is InChI=1S/C16H12N4O2S/c1-9-7-11(10(2)22-9)15(21)20-16-19-14(13(8-17)23-16)12-5-3-4-6-18-12/h3-7H,1-2H3,(H,19,20,21). The van der Waals surface area contributed by atoms with Gasteiger partial charge < -0.3 is 4.42 Å². The summed E-state index contributed by atoms with van der Waals surface area (Å²) in [4.78, 5) is 21.2. The van der Waals surface area contributed by atoms with E-state index in [1.54, 1.807) is 38.2 Å². The Morgan fingerprint density at radius 2 is 2.22 bits per heavy atom. The molecule has 0 radical (unpaired) electrons. The van der Waals surface area contributed by atoms with Crippen LogP contribution in [0.15, 0.2) is 34.9 Å². The molecule has 114 valence electrons. The lowest BCUT2D eigenvalue weighted by molar-refractivity contribution is 0.102. The minimum absolute atomic E-state index is 0.315. The molecule has 6 nitrogen and oxygen atoms in total. The van der Waals surface area contributed by atoms with Crippen LogP contribution in [-0.2, 0) is 0 Å². The fraction of sp³-hybridized carbons (Fsp3) is 0.125. The van der Waals surface area contributed by atoms with Gasteiger partial charge in [-0.1, -0.05) is 17.4 Å². The number of nitrogens with one attached hydrogen (secondary N) is 1. The van der Waals surface area contributed by atoms with Crippen molar-refractivity contribution in [1.29, 1.82) is 5.26 Å². The summed E-state index contributed by atoms with van der Waals surface area (Å²) in [5.74, 6) is 0.894. The minimum Gasteiger partial charge on any atom is -0.466 e. The molecule has 0 bridgehead atoms. The molecule has 1 amide bonds. The molecule has 3 rings (SSSR count). The van der Waals surface area contributed by atoms with Crippen LogP contribution < -0.4 is 5.32 Å². The molecular weight excluding hydrogens is 312 g/mol. The van der Waals surface area contributed by atoms with E-state index < -0.39 is 0 Å². The third-order valence-corrected chi connectivity index (χ3v) is 4.02. The smallest absolute Gasteiger partial charge is 0.260 e. The Labute approximate surface area is 136 Å². The first-order valence-corrected chi connectivity index (χ1v) is 7.61. The molecule has 23 heavy (non-hydrogen) atoms. The van der Waals surface area contributed by atoms with Crippen molar-refractivity contribution in [2.75, 3.05) is 5.32 Å². The number of nitrogens with zero attached hydrogens (tertiary/aromatic N) is 3. The summed E-state index contributed by atoms with van der Waals surface area (Å²) < 4.78 is 5.35. The van der Waals surface area contributed by atoms with Gasteiger partial charge in [-0.2, -0.15) is 5.26 Å². The second-order valence-electron chi connectivity index (χ2n) is 4.80. The second-order valence-corrected chi connectivity index (χ2v) is 5.80. The molecule has 3 aromatic heterocycles. The quantitative estimate of drug-likeness (QED) is 0.795. The van der Waals surface area contributed by atoms with Crippen LogP contribution in [0.3, 0.4) is 0 Å². The monoisotopic (exact) mass is 324 g/mol. The molecule has 0 saturated carbocycles. The summed E-state index contributed by atoms with van der Waals surface area (Å²) in [5, 5.41) is 12.3.